The van der Waals surface area contributed by atoms with Gasteiger partial charge in [0.2, 0.25) is 0 Å². The maximum absolute atomic E-state index is 10.8. The van der Waals surface area contributed by atoms with E-state index in [1.54, 1.807) is 0 Å². The first kappa shape index (κ1) is 21.0. The Hall–Kier alpha value is -1.87. The highest BCUT2D eigenvalue weighted by molar-refractivity contribution is 5.88. The third kappa shape index (κ3) is 4.98. The molecule has 1 aromatic heterocycles. The predicted octanol–water partition coefficient (Wildman–Crippen LogP) is 2.63. The van der Waals surface area contributed by atoms with Gasteiger partial charge >= 0.3 is 0 Å². The Morgan fingerprint density at radius 2 is 1.94 bits per heavy atom. The van der Waals surface area contributed by atoms with Crippen LogP contribution in [0.1, 0.15) is 32.1 Å². The molecule has 1 atom stereocenters. The van der Waals surface area contributed by atoms with Gasteiger partial charge in [0.25, 0.3) is 5.88 Å². The van der Waals surface area contributed by atoms with Crippen molar-refractivity contribution in [2.75, 3.05) is 52.7 Å². The highest BCUT2D eigenvalue weighted by Crippen LogP contribution is 2.35. The van der Waals surface area contributed by atoms with E-state index in [9.17, 15) is 5.11 Å². The van der Waals surface area contributed by atoms with Gasteiger partial charge in [-0.15, -0.1) is 0 Å². The summed E-state index contributed by atoms with van der Waals surface area (Å²) < 4.78 is 28.5. The Balaban J connectivity index is 1.15. The molecule has 170 valence electrons. The molecule has 5 rings (SSSR count). The Labute approximate surface area is 182 Å². The van der Waals surface area contributed by atoms with Crippen molar-refractivity contribution < 1.29 is 28.6 Å². The molecule has 31 heavy (non-hydrogen) atoms. The lowest BCUT2D eigenvalue weighted by atomic mass is 9.91. The van der Waals surface area contributed by atoms with E-state index in [4.69, 9.17) is 23.5 Å². The molecule has 2 aromatic rings. The zero-order chi connectivity index (χ0) is 21.1. The van der Waals surface area contributed by atoms with Crippen molar-refractivity contribution in [2.24, 2.45) is 5.92 Å². The molecule has 3 fully saturated rings. The summed E-state index contributed by atoms with van der Waals surface area (Å²) in [5, 5.41) is 15.7. The summed E-state index contributed by atoms with van der Waals surface area (Å²) in [6.45, 7) is 5.96. The zero-order valence-electron chi connectivity index (χ0n) is 18.0. The van der Waals surface area contributed by atoms with E-state index in [-0.39, 0.29) is 6.10 Å². The molecule has 3 aliphatic rings. The summed E-state index contributed by atoms with van der Waals surface area (Å²) in [4.78, 5) is 2.38. The summed E-state index contributed by atoms with van der Waals surface area (Å²) in [6, 6.07) is 5.72. The van der Waals surface area contributed by atoms with E-state index in [1.165, 1.54) is 0 Å². The van der Waals surface area contributed by atoms with Gasteiger partial charge in [0, 0.05) is 39.0 Å². The van der Waals surface area contributed by atoms with E-state index in [1.807, 2.05) is 18.2 Å². The number of β-amino-alcohol motifs (C(OH)–C–C–N with tert-alkyl or cyclic N) is 1. The van der Waals surface area contributed by atoms with E-state index in [2.05, 4.69) is 10.1 Å². The molecule has 1 aromatic carbocycles. The van der Waals surface area contributed by atoms with Gasteiger partial charge in [-0.3, -0.25) is 0 Å². The number of benzene rings is 1. The Morgan fingerprint density at radius 1 is 1.10 bits per heavy atom. The van der Waals surface area contributed by atoms with Crippen LogP contribution in [0.3, 0.4) is 0 Å². The zero-order valence-corrected chi connectivity index (χ0v) is 18.0. The molecule has 0 radical (unpaired) electrons. The molecule has 3 saturated heterocycles. The highest BCUT2D eigenvalue weighted by atomic mass is 16.6. The highest BCUT2D eigenvalue weighted by Gasteiger charge is 2.33. The Morgan fingerprint density at radius 3 is 2.71 bits per heavy atom. The predicted molar refractivity (Wildman–Crippen MR) is 114 cm³/mol. The minimum Gasteiger partial charge on any atom is -0.487 e. The third-order valence-corrected chi connectivity index (χ3v) is 6.71. The number of ether oxygens (including phenoxy) is 4. The first-order valence-electron chi connectivity index (χ1n) is 11.5. The third-order valence-electron chi connectivity index (χ3n) is 6.71. The molecule has 8 nitrogen and oxygen atoms in total. The van der Waals surface area contributed by atoms with Crippen LogP contribution >= 0.6 is 0 Å². The average Bonchev–Trinajstić information content (AvgIpc) is 3.44. The fourth-order valence-corrected chi connectivity index (χ4v) is 4.75. The van der Waals surface area contributed by atoms with E-state index < -0.39 is 5.60 Å². The van der Waals surface area contributed by atoms with Gasteiger partial charge in [0.1, 0.15) is 17.2 Å². The summed E-state index contributed by atoms with van der Waals surface area (Å²) in [7, 11) is 0. The minimum atomic E-state index is -0.595. The van der Waals surface area contributed by atoms with Crippen molar-refractivity contribution in [3.8, 4) is 11.6 Å². The second-order valence-electron chi connectivity index (χ2n) is 9.09. The van der Waals surface area contributed by atoms with Crippen molar-refractivity contribution in [1.29, 1.82) is 0 Å². The van der Waals surface area contributed by atoms with E-state index in [0.717, 1.165) is 69.5 Å². The maximum atomic E-state index is 10.8. The van der Waals surface area contributed by atoms with Gasteiger partial charge in [0.15, 0.2) is 5.58 Å². The van der Waals surface area contributed by atoms with Gasteiger partial charge in [-0.25, -0.2) is 0 Å². The lowest BCUT2D eigenvalue weighted by molar-refractivity contribution is -0.0834. The number of hydrogen-bond donors (Lipinski definition) is 1. The van der Waals surface area contributed by atoms with Crippen LogP contribution in [0, 0.1) is 5.92 Å². The number of rotatable bonds is 7. The Kier molecular flexibility index (Phi) is 6.31. The molecule has 8 heteroatoms. The number of aromatic nitrogens is 1. The lowest BCUT2D eigenvalue weighted by Gasteiger charge is -2.39. The van der Waals surface area contributed by atoms with Crippen molar-refractivity contribution in [3.05, 3.63) is 18.2 Å². The normalized spacial score (nSPS) is 25.1. The number of fused-ring (bicyclic) bond motifs is 1. The summed E-state index contributed by atoms with van der Waals surface area (Å²) in [6.07, 6.45) is 4.50. The second kappa shape index (κ2) is 9.32. The fourth-order valence-electron chi connectivity index (χ4n) is 4.75. The van der Waals surface area contributed by atoms with Crippen LogP contribution in [0.5, 0.6) is 11.6 Å². The molecule has 0 bridgehead atoms. The quantitative estimate of drug-likeness (QED) is 0.715. The number of likely N-dealkylation sites (tertiary alicyclic amines) is 1. The van der Waals surface area contributed by atoms with Gasteiger partial charge in [-0.2, -0.15) is 0 Å². The van der Waals surface area contributed by atoms with Crippen LogP contribution in [-0.2, 0) is 9.47 Å². The molecule has 0 amide bonds. The molecule has 0 spiro atoms. The van der Waals surface area contributed by atoms with E-state index in [0.29, 0.717) is 43.8 Å². The standard InChI is InChI=1S/C23H32N2O6/c26-23(7-12-27-13-8-23)16-25-9-4-17(5-10-25)14-29-22-21-19(30-18-6-11-28-15-18)2-1-3-20(21)31-24-22/h1-3,17-18,26H,4-16H2. The average molecular weight is 433 g/mol. The van der Waals surface area contributed by atoms with Crippen molar-refractivity contribution in [1.82, 2.24) is 10.1 Å². The summed E-state index contributed by atoms with van der Waals surface area (Å²) in [5.74, 6) is 1.70. The van der Waals surface area contributed by atoms with E-state index >= 15 is 0 Å². The van der Waals surface area contributed by atoms with Crippen molar-refractivity contribution in [2.45, 2.75) is 43.8 Å². The number of piperidine rings is 1. The largest absolute Gasteiger partial charge is 0.487 e. The lowest BCUT2D eigenvalue weighted by Crippen LogP contribution is -2.49. The molecule has 4 heterocycles. The van der Waals surface area contributed by atoms with Crippen LogP contribution in [0.4, 0.5) is 0 Å². The Bertz CT molecular complexity index is 851. The smallest absolute Gasteiger partial charge is 0.265 e. The summed E-state index contributed by atoms with van der Waals surface area (Å²) >= 11 is 0. The van der Waals surface area contributed by atoms with Gasteiger partial charge in [-0.05, 0) is 49.1 Å². The van der Waals surface area contributed by atoms with Crippen LogP contribution in [0.15, 0.2) is 22.7 Å². The van der Waals surface area contributed by atoms with Gasteiger partial charge < -0.3 is 33.5 Å². The van der Waals surface area contributed by atoms with Gasteiger partial charge in [-0.1, -0.05) is 6.07 Å². The molecule has 0 saturated carbocycles. The molecule has 0 aliphatic carbocycles. The van der Waals surface area contributed by atoms with Crippen molar-refractivity contribution in [3.63, 3.8) is 0 Å². The first-order chi connectivity index (χ1) is 15.2. The molecular weight excluding hydrogens is 400 g/mol. The minimum absolute atomic E-state index is 0.0585. The van der Waals surface area contributed by atoms with Crippen LogP contribution in [-0.4, -0.2) is 79.5 Å². The second-order valence-corrected chi connectivity index (χ2v) is 9.09. The topological polar surface area (TPSA) is 86.4 Å². The molecule has 1 unspecified atom stereocenters. The van der Waals surface area contributed by atoms with Crippen LogP contribution in [0.25, 0.3) is 11.0 Å². The number of hydrogen-bond acceptors (Lipinski definition) is 8. The molecule has 3 aliphatic heterocycles. The van der Waals surface area contributed by atoms with Gasteiger partial charge in [0.05, 0.1) is 25.4 Å². The molecule has 1 N–H and O–H groups in total. The molecular formula is C23H32N2O6. The fraction of sp³-hybridized carbons (Fsp3) is 0.696. The van der Waals surface area contributed by atoms with Crippen LogP contribution < -0.4 is 9.47 Å². The van der Waals surface area contributed by atoms with Crippen LogP contribution in [0.2, 0.25) is 0 Å². The SMILES string of the molecule is OC1(CN2CCC(COc3noc4cccc(OC5CCOC5)c34)CC2)CCOCC1. The first-order valence-corrected chi connectivity index (χ1v) is 11.5. The number of nitrogens with zero attached hydrogens (tertiary/aromatic N) is 2. The summed E-state index contributed by atoms with van der Waals surface area (Å²) in [5.41, 5.74) is 0.0769. The maximum Gasteiger partial charge on any atom is 0.265 e. The monoisotopic (exact) mass is 432 g/mol. The number of aliphatic hydroxyl groups is 1. The van der Waals surface area contributed by atoms with Crippen molar-refractivity contribution >= 4 is 11.0 Å².